The Bertz CT molecular complexity index is 862. The van der Waals surface area contributed by atoms with E-state index in [0.717, 1.165) is 37.5 Å². The summed E-state index contributed by atoms with van der Waals surface area (Å²) in [7, 11) is 1.52. The Balaban J connectivity index is 0.00000341. The lowest BCUT2D eigenvalue weighted by Gasteiger charge is -2.14. The van der Waals surface area contributed by atoms with Gasteiger partial charge in [-0.25, -0.2) is 4.99 Å². The first-order valence-corrected chi connectivity index (χ1v) is 10.2. The van der Waals surface area contributed by atoms with Crippen molar-refractivity contribution in [1.82, 2.24) is 25.4 Å². The van der Waals surface area contributed by atoms with Gasteiger partial charge in [0.05, 0.1) is 20.2 Å². The molecule has 0 radical (unpaired) electrons. The number of nitrogens with zero attached hydrogens (tertiary/aromatic N) is 4. The van der Waals surface area contributed by atoms with E-state index >= 15 is 0 Å². The number of alkyl halides is 2. The van der Waals surface area contributed by atoms with Gasteiger partial charge in [-0.1, -0.05) is 6.42 Å². The fraction of sp³-hybridized carbons (Fsp3) is 0.550. The monoisotopic (exact) mass is 550 g/mol. The molecule has 1 aliphatic rings. The van der Waals surface area contributed by atoms with Gasteiger partial charge < -0.3 is 24.7 Å². The average molecular weight is 550 g/mol. The molecule has 2 N–H and O–H groups in total. The molecule has 0 amide bonds. The van der Waals surface area contributed by atoms with Crippen LogP contribution in [-0.2, 0) is 26.1 Å². The average Bonchev–Trinajstić information content (AvgIpc) is 2.96. The number of ether oxygens (including phenoxy) is 2. The quantitative estimate of drug-likeness (QED) is 0.298. The number of methoxy groups -OCH3 is 1. The van der Waals surface area contributed by atoms with Crippen LogP contribution in [-0.4, -0.2) is 41.0 Å². The molecular formula is C20H29F2IN6O2. The topological polar surface area (TPSA) is 85.6 Å². The van der Waals surface area contributed by atoms with Crippen molar-refractivity contribution in [2.45, 2.75) is 58.9 Å². The normalized spacial score (nSPS) is 13.8. The second-order valence-electron chi connectivity index (χ2n) is 6.90. The summed E-state index contributed by atoms with van der Waals surface area (Å²) in [5.74, 6) is 3.06. The summed E-state index contributed by atoms with van der Waals surface area (Å²) in [5.41, 5.74) is 0.503. The lowest BCUT2D eigenvalue weighted by Crippen LogP contribution is -2.37. The van der Waals surface area contributed by atoms with Gasteiger partial charge in [0, 0.05) is 25.1 Å². The Labute approximate surface area is 197 Å². The lowest BCUT2D eigenvalue weighted by atomic mass is 10.2. The molecule has 1 aromatic carbocycles. The number of hydrogen-bond acceptors (Lipinski definition) is 5. The molecule has 31 heavy (non-hydrogen) atoms. The number of aromatic nitrogens is 3. The van der Waals surface area contributed by atoms with Crippen LogP contribution in [0.4, 0.5) is 8.78 Å². The van der Waals surface area contributed by atoms with Crippen molar-refractivity contribution in [1.29, 1.82) is 0 Å². The molecule has 11 heteroatoms. The third-order valence-electron chi connectivity index (χ3n) is 4.84. The smallest absolute Gasteiger partial charge is 0.387 e. The number of hydrogen-bond donors (Lipinski definition) is 2. The third kappa shape index (κ3) is 7.18. The highest BCUT2D eigenvalue weighted by Gasteiger charge is 2.15. The summed E-state index contributed by atoms with van der Waals surface area (Å²) in [4.78, 5) is 4.51. The largest absolute Gasteiger partial charge is 0.497 e. The molecule has 0 unspecified atom stereocenters. The number of halogens is 3. The number of aryl methyl sites for hydroxylation is 1. The molecule has 172 valence electrons. The Morgan fingerprint density at radius 3 is 2.81 bits per heavy atom. The van der Waals surface area contributed by atoms with Gasteiger partial charge in [-0.3, -0.25) is 0 Å². The highest BCUT2D eigenvalue weighted by molar-refractivity contribution is 14.0. The van der Waals surface area contributed by atoms with Crippen LogP contribution < -0.4 is 20.1 Å². The molecular weight excluding hydrogens is 521 g/mol. The first-order valence-electron chi connectivity index (χ1n) is 10.2. The minimum atomic E-state index is -2.91. The zero-order valence-corrected chi connectivity index (χ0v) is 20.1. The number of guanidine groups is 1. The summed E-state index contributed by atoms with van der Waals surface area (Å²) in [6.07, 6.45) is 4.40. The SMILES string of the molecule is CCNC(=NCc1cc(OC)ccc1OC(F)F)NCc1nnc2n1CCCCC2.I. The predicted octanol–water partition coefficient (Wildman–Crippen LogP) is 3.49. The maximum absolute atomic E-state index is 12.7. The van der Waals surface area contributed by atoms with Gasteiger partial charge in [-0.15, -0.1) is 34.2 Å². The van der Waals surface area contributed by atoms with Gasteiger partial charge >= 0.3 is 6.61 Å². The standard InChI is InChI=1S/C20H28F2N6O2.HI/c1-3-23-20(25-13-18-27-26-17-7-5-4-6-10-28(17)18)24-12-14-11-15(29-2)8-9-16(14)30-19(21)22;/h8-9,11,19H,3-7,10,12-13H2,1-2H3,(H2,23,24,25);1H. The second-order valence-corrected chi connectivity index (χ2v) is 6.90. The Morgan fingerprint density at radius 2 is 2.06 bits per heavy atom. The molecule has 0 bridgehead atoms. The van der Waals surface area contributed by atoms with Gasteiger partial charge in [0.15, 0.2) is 11.8 Å². The van der Waals surface area contributed by atoms with Crippen LogP contribution in [0.15, 0.2) is 23.2 Å². The molecule has 2 heterocycles. The van der Waals surface area contributed by atoms with Gasteiger partial charge in [0.25, 0.3) is 0 Å². The number of rotatable bonds is 8. The minimum Gasteiger partial charge on any atom is -0.497 e. The van der Waals surface area contributed by atoms with Crippen LogP contribution in [0.1, 0.15) is 43.4 Å². The van der Waals surface area contributed by atoms with Crippen molar-refractivity contribution in [3.63, 3.8) is 0 Å². The molecule has 0 aliphatic carbocycles. The molecule has 0 atom stereocenters. The summed E-state index contributed by atoms with van der Waals surface area (Å²) in [5, 5.41) is 15.0. The zero-order chi connectivity index (χ0) is 21.3. The van der Waals surface area contributed by atoms with Crippen molar-refractivity contribution in [2.75, 3.05) is 13.7 Å². The number of benzene rings is 1. The van der Waals surface area contributed by atoms with Crippen molar-refractivity contribution >= 4 is 29.9 Å². The van der Waals surface area contributed by atoms with E-state index in [1.54, 1.807) is 12.1 Å². The maximum Gasteiger partial charge on any atom is 0.387 e. The van der Waals surface area contributed by atoms with E-state index in [4.69, 9.17) is 4.74 Å². The summed E-state index contributed by atoms with van der Waals surface area (Å²) in [6, 6.07) is 4.68. The van der Waals surface area contributed by atoms with Gasteiger partial charge in [-0.05, 0) is 38.0 Å². The summed E-state index contributed by atoms with van der Waals surface area (Å²) >= 11 is 0. The van der Waals surface area contributed by atoms with Crippen molar-refractivity contribution in [3.8, 4) is 11.5 Å². The molecule has 2 aromatic rings. The lowest BCUT2D eigenvalue weighted by molar-refractivity contribution is -0.0504. The zero-order valence-electron chi connectivity index (χ0n) is 17.7. The van der Waals surface area contributed by atoms with Gasteiger partial charge in [0.1, 0.15) is 17.3 Å². The predicted molar refractivity (Wildman–Crippen MR) is 124 cm³/mol. The number of nitrogens with one attached hydrogen (secondary N) is 2. The highest BCUT2D eigenvalue weighted by Crippen LogP contribution is 2.26. The van der Waals surface area contributed by atoms with Crippen molar-refractivity contribution in [3.05, 3.63) is 35.4 Å². The van der Waals surface area contributed by atoms with Gasteiger partial charge in [0.2, 0.25) is 0 Å². The Kier molecular flexibility index (Phi) is 10.2. The van der Waals surface area contributed by atoms with E-state index in [2.05, 4.69) is 35.1 Å². The van der Waals surface area contributed by atoms with E-state index in [1.165, 1.54) is 19.6 Å². The van der Waals surface area contributed by atoms with E-state index in [9.17, 15) is 8.78 Å². The van der Waals surface area contributed by atoms with Crippen LogP contribution in [0, 0.1) is 0 Å². The number of aliphatic imine (C=N–C) groups is 1. The maximum atomic E-state index is 12.7. The molecule has 8 nitrogen and oxygen atoms in total. The second kappa shape index (κ2) is 12.6. The molecule has 1 aliphatic heterocycles. The van der Waals surface area contributed by atoms with E-state index < -0.39 is 6.61 Å². The molecule has 0 saturated heterocycles. The van der Waals surface area contributed by atoms with Crippen LogP contribution in [0.3, 0.4) is 0 Å². The molecule has 0 spiro atoms. The molecule has 1 aromatic heterocycles. The first-order chi connectivity index (χ1) is 14.6. The fourth-order valence-electron chi connectivity index (χ4n) is 3.36. The fourth-order valence-corrected chi connectivity index (χ4v) is 3.36. The number of fused-ring (bicyclic) bond motifs is 1. The summed E-state index contributed by atoms with van der Waals surface area (Å²) < 4.78 is 37.4. The highest BCUT2D eigenvalue weighted by atomic mass is 127. The van der Waals surface area contributed by atoms with Crippen LogP contribution in [0.2, 0.25) is 0 Å². The van der Waals surface area contributed by atoms with E-state index in [1.807, 2.05) is 6.92 Å². The first kappa shape index (κ1) is 25.1. The Hall–Kier alpha value is -2.18. The van der Waals surface area contributed by atoms with Crippen molar-refractivity contribution in [2.24, 2.45) is 4.99 Å². The summed E-state index contributed by atoms with van der Waals surface area (Å²) in [6.45, 7) is 1.24. The Morgan fingerprint density at radius 1 is 1.23 bits per heavy atom. The van der Waals surface area contributed by atoms with Crippen LogP contribution >= 0.6 is 24.0 Å². The molecule has 3 rings (SSSR count). The van der Waals surface area contributed by atoms with Gasteiger partial charge in [-0.2, -0.15) is 8.78 Å². The molecule has 0 fully saturated rings. The van der Waals surface area contributed by atoms with Crippen LogP contribution in [0.5, 0.6) is 11.5 Å². The van der Waals surface area contributed by atoms with Crippen LogP contribution in [0.25, 0.3) is 0 Å². The van der Waals surface area contributed by atoms with E-state index in [0.29, 0.717) is 30.4 Å². The van der Waals surface area contributed by atoms with Crippen molar-refractivity contribution < 1.29 is 18.3 Å². The molecule has 0 saturated carbocycles. The minimum absolute atomic E-state index is 0. The third-order valence-corrected chi connectivity index (χ3v) is 4.84. The van der Waals surface area contributed by atoms with E-state index in [-0.39, 0.29) is 36.3 Å².